The zero-order valence-electron chi connectivity index (χ0n) is 11.1. The first-order valence-corrected chi connectivity index (χ1v) is 6.14. The fraction of sp³-hybridized carbons (Fsp3) is 0.200. The minimum Gasteiger partial charge on any atom is -0.439 e. The first kappa shape index (κ1) is 15.0. The number of benzene rings is 1. The zero-order valence-corrected chi connectivity index (χ0v) is 11.1. The van der Waals surface area contributed by atoms with Gasteiger partial charge in [-0.15, -0.1) is 0 Å². The number of carbonyl (C=O) groups excluding carboxylic acids is 1. The van der Waals surface area contributed by atoms with E-state index in [1.165, 1.54) is 6.92 Å². The molecule has 0 saturated heterocycles. The Morgan fingerprint density at radius 3 is 2.29 bits per heavy atom. The van der Waals surface area contributed by atoms with Gasteiger partial charge in [0.05, 0.1) is 5.56 Å². The molecule has 1 heterocycles. The number of carbonyl (C=O) groups is 1. The summed E-state index contributed by atoms with van der Waals surface area (Å²) in [4.78, 5) is 14.6. The summed E-state index contributed by atoms with van der Waals surface area (Å²) in [6.45, 7) is 1.50. The lowest BCUT2D eigenvalue weighted by Gasteiger charge is -2.08. The van der Waals surface area contributed by atoms with E-state index >= 15 is 0 Å². The van der Waals surface area contributed by atoms with Crippen LogP contribution in [-0.4, -0.2) is 10.8 Å². The molecule has 21 heavy (non-hydrogen) atoms. The predicted molar refractivity (Wildman–Crippen MR) is 70.1 cm³/mol. The molecule has 0 aliphatic heterocycles. The molecule has 6 heteroatoms. The predicted octanol–water partition coefficient (Wildman–Crippen LogP) is 4.02. The Bertz CT molecular complexity index is 619. The lowest BCUT2D eigenvalue weighted by molar-refractivity contribution is -0.137. The normalized spacial score (nSPS) is 11.2. The molecular weight excluding hydrogens is 283 g/mol. The standard InChI is InChI=1S/C15H12F3NO2/c1-10(20)8-11-2-5-13(6-3-11)21-14-7-4-12(9-19-14)15(16,17)18/h2-7,9H,8H2,1H3. The topological polar surface area (TPSA) is 39.2 Å². The van der Waals surface area contributed by atoms with Crippen LogP contribution in [0, 0.1) is 0 Å². The molecule has 0 atom stereocenters. The summed E-state index contributed by atoms with van der Waals surface area (Å²) in [5.74, 6) is 0.560. The molecule has 0 fully saturated rings. The van der Waals surface area contributed by atoms with Gasteiger partial charge in [-0.05, 0) is 30.7 Å². The van der Waals surface area contributed by atoms with Crippen molar-refractivity contribution in [3.8, 4) is 11.6 Å². The van der Waals surface area contributed by atoms with Gasteiger partial charge >= 0.3 is 6.18 Å². The number of halogens is 3. The molecule has 0 unspecified atom stereocenters. The highest BCUT2D eigenvalue weighted by Gasteiger charge is 2.30. The van der Waals surface area contributed by atoms with E-state index in [-0.39, 0.29) is 11.7 Å². The van der Waals surface area contributed by atoms with Gasteiger partial charge in [0, 0.05) is 18.7 Å². The van der Waals surface area contributed by atoms with Crippen LogP contribution in [0.2, 0.25) is 0 Å². The SMILES string of the molecule is CC(=O)Cc1ccc(Oc2ccc(C(F)(F)F)cn2)cc1. The average molecular weight is 295 g/mol. The number of Topliss-reactive ketones (excluding diaryl/α,β-unsaturated/α-hetero) is 1. The molecule has 0 spiro atoms. The van der Waals surface area contributed by atoms with Crippen molar-refractivity contribution in [1.29, 1.82) is 0 Å². The zero-order chi connectivity index (χ0) is 15.5. The monoisotopic (exact) mass is 295 g/mol. The van der Waals surface area contributed by atoms with Gasteiger partial charge in [0.25, 0.3) is 0 Å². The molecule has 0 amide bonds. The van der Waals surface area contributed by atoms with Gasteiger partial charge in [0.1, 0.15) is 11.5 Å². The Balaban J connectivity index is 2.06. The number of ketones is 1. The molecule has 0 radical (unpaired) electrons. The number of hydrogen-bond acceptors (Lipinski definition) is 3. The summed E-state index contributed by atoms with van der Waals surface area (Å²) in [6.07, 6.45) is -3.36. The van der Waals surface area contributed by atoms with Crippen molar-refractivity contribution in [2.75, 3.05) is 0 Å². The van der Waals surface area contributed by atoms with Gasteiger partial charge in [0.2, 0.25) is 5.88 Å². The minimum absolute atomic E-state index is 0.0491. The van der Waals surface area contributed by atoms with Gasteiger partial charge < -0.3 is 4.74 Å². The van der Waals surface area contributed by atoms with Crippen molar-refractivity contribution < 1.29 is 22.7 Å². The van der Waals surface area contributed by atoms with Crippen LogP contribution in [0.1, 0.15) is 18.1 Å². The van der Waals surface area contributed by atoms with E-state index < -0.39 is 11.7 Å². The summed E-state index contributed by atoms with van der Waals surface area (Å²) in [6, 6.07) is 8.79. The Labute approximate surface area is 119 Å². The first-order chi connectivity index (χ1) is 9.84. The van der Waals surface area contributed by atoms with Crippen LogP contribution in [0.25, 0.3) is 0 Å². The number of rotatable bonds is 4. The molecule has 0 N–H and O–H groups in total. The van der Waals surface area contributed by atoms with E-state index in [0.717, 1.165) is 23.9 Å². The second-order valence-corrected chi connectivity index (χ2v) is 4.51. The van der Waals surface area contributed by atoms with Crippen LogP contribution in [0.3, 0.4) is 0 Å². The maximum absolute atomic E-state index is 12.4. The molecule has 110 valence electrons. The number of pyridine rings is 1. The van der Waals surface area contributed by atoms with Crippen LogP contribution in [0.4, 0.5) is 13.2 Å². The second-order valence-electron chi connectivity index (χ2n) is 4.51. The number of ether oxygens (including phenoxy) is 1. The second kappa shape index (κ2) is 5.95. The number of alkyl halides is 3. The highest BCUT2D eigenvalue weighted by Crippen LogP contribution is 2.30. The average Bonchev–Trinajstić information content (AvgIpc) is 2.40. The van der Waals surface area contributed by atoms with Crippen molar-refractivity contribution in [1.82, 2.24) is 4.98 Å². The number of aromatic nitrogens is 1. The van der Waals surface area contributed by atoms with E-state index in [1.54, 1.807) is 24.3 Å². The summed E-state index contributed by atoms with van der Waals surface area (Å²) >= 11 is 0. The Morgan fingerprint density at radius 1 is 1.14 bits per heavy atom. The minimum atomic E-state index is -4.42. The Morgan fingerprint density at radius 2 is 1.81 bits per heavy atom. The number of nitrogens with zero attached hydrogens (tertiary/aromatic N) is 1. The maximum atomic E-state index is 12.4. The molecule has 1 aromatic heterocycles. The summed E-state index contributed by atoms with van der Waals surface area (Å²) in [5.41, 5.74) is 0.0156. The van der Waals surface area contributed by atoms with Gasteiger partial charge in [-0.2, -0.15) is 13.2 Å². The van der Waals surface area contributed by atoms with E-state index in [1.807, 2.05) is 0 Å². The summed E-state index contributed by atoms with van der Waals surface area (Å²) < 4.78 is 42.5. The molecule has 0 saturated carbocycles. The van der Waals surface area contributed by atoms with Crippen LogP contribution < -0.4 is 4.74 Å². The third-order valence-electron chi connectivity index (χ3n) is 2.66. The lowest BCUT2D eigenvalue weighted by atomic mass is 10.1. The summed E-state index contributed by atoms with van der Waals surface area (Å²) in [5, 5.41) is 0. The van der Waals surface area contributed by atoms with Crippen molar-refractivity contribution in [2.45, 2.75) is 19.5 Å². The fourth-order valence-corrected chi connectivity index (χ4v) is 1.69. The van der Waals surface area contributed by atoms with E-state index in [9.17, 15) is 18.0 Å². The molecule has 0 aliphatic carbocycles. The molecular formula is C15H12F3NO2. The highest BCUT2D eigenvalue weighted by molar-refractivity contribution is 5.78. The third kappa shape index (κ3) is 4.30. The first-order valence-electron chi connectivity index (χ1n) is 6.14. The van der Waals surface area contributed by atoms with Gasteiger partial charge in [-0.1, -0.05) is 12.1 Å². The van der Waals surface area contributed by atoms with Crippen LogP contribution in [0.5, 0.6) is 11.6 Å². The van der Waals surface area contributed by atoms with Crippen molar-refractivity contribution in [2.24, 2.45) is 0 Å². The smallest absolute Gasteiger partial charge is 0.417 e. The molecule has 3 nitrogen and oxygen atoms in total. The lowest BCUT2D eigenvalue weighted by Crippen LogP contribution is -2.05. The van der Waals surface area contributed by atoms with Crippen molar-refractivity contribution in [3.05, 3.63) is 53.7 Å². The number of hydrogen-bond donors (Lipinski definition) is 0. The van der Waals surface area contributed by atoms with Gasteiger partial charge in [0.15, 0.2) is 0 Å². The fourth-order valence-electron chi connectivity index (χ4n) is 1.69. The Kier molecular flexibility index (Phi) is 4.26. The van der Waals surface area contributed by atoms with Gasteiger partial charge in [-0.25, -0.2) is 4.98 Å². The third-order valence-corrected chi connectivity index (χ3v) is 2.66. The van der Waals surface area contributed by atoms with Crippen molar-refractivity contribution >= 4 is 5.78 Å². The molecule has 2 aromatic rings. The van der Waals surface area contributed by atoms with Crippen LogP contribution in [-0.2, 0) is 17.4 Å². The summed E-state index contributed by atoms with van der Waals surface area (Å²) in [7, 11) is 0. The molecule has 0 bridgehead atoms. The van der Waals surface area contributed by atoms with E-state index in [2.05, 4.69) is 4.98 Å². The molecule has 0 aliphatic rings. The highest BCUT2D eigenvalue weighted by atomic mass is 19.4. The van der Waals surface area contributed by atoms with Crippen molar-refractivity contribution in [3.63, 3.8) is 0 Å². The van der Waals surface area contributed by atoms with Crippen LogP contribution in [0.15, 0.2) is 42.6 Å². The largest absolute Gasteiger partial charge is 0.439 e. The van der Waals surface area contributed by atoms with E-state index in [0.29, 0.717) is 12.2 Å². The van der Waals surface area contributed by atoms with E-state index in [4.69, 9.17) is 4.74 Å². The van der Waals surface area contributed by atoms with Crippen LogP contribution >= 0.6 is 0 Å². The maximum Gasteiger partial charge on any atom is 0.417 e. The molecule has 1 aromatic carbocycles. The molecule has 2 rings (SSSR count). The Hall–Kier alpha value is -2.37. The van der Waals surface area contributed by atoms with Gasteiger partial charge in [-0.3, -0.25) is 4.79 Å². The quantitative estimate of drug-likeness (QED) is 0.855.